The molecule has 2 heterocycles. The number of aryl methyl sites for hydroxylation is 1. The SMILES string of the molecule is Cc1ccc(N2C(=O)C(c3ccccc3)=C(N3CCN(C)CC3)C2=O)cc1. The van der Waals surface area contributed by atoms with Crippen molar-refractivity contribution < 1.29 is 9.59 Å². The van der Waals surface area contributed by atoms with Gasteiger partial charge >= 0.3 is 0 Å². The van der Waals surface area contributed by atoms with E-state index in [-0.39, 0.29) is 11.8 Å². The maximum Gasteiger partial charge on any atom is 0.282 e. The van der Waals surface area contributed by atoms with Gasteiger partial charge in [0.15, 0.2) is 0 Å². The predicted molar refractivity (Wildman–Crippen MR) is 106 cm³/mol. The number of hydrogen-bond donors (Lipinski definition) is 0. The van der Waals surface area contributed by atoms with Crippen molar-refractivity contribution in [1.82, 2.24) is 9.80 Å². The zero-order chi connectivity index (χ0) is 19.0. The highest BCUT2D eigenvalue weighted by molar-refractivity contribution is 6.45. The minimum Gasteiger partial charge on any atom is -0.364 e. The van der Waals surface area contributed by atoms with E-state index >= 15 is 0 Å². The zero-order valence-electron chi connectivity index (χ0n) is 15.7. The smallest absolute Gasteiger partial charge is 0.282 e. The van der Waals surface area contributed by atoms with Gasteiger partial charge in [0.2, 0.25) is 0 Å². The van der Waals surface area contributed by atoms with Gasteiger partial charge in [-0.25, -0.2) is 4.90 Å². The Kier molecular flexibility index (Phi) is 4.54. The quantitative estimate of drug-likeness (QED) is 0.788. The molecule has 2 aromatic carbocycles. The highest BCUT2D eigenvalue weighted by Gasteiger charge is 2.42. The van der Waals surface area contributed by atoms with Gasteiger partial charge in [0.1, 0.15) is 5.70 Å². The average Bonchev–Trinajstić information content (AvgIpc) is 2.94. The van der Waals surface area contributed by atoms with Crippen LogP contribution in [-0.4, -0.2) is 54.8 Å². The summed E-state index contributed by atoms with van der Waals surface area (Å²) in [4.78, 5) is 32.3. The summed E-state index contributed by atoms with van der Waals surface area (Å²) in [6.45, 7) is 5.21. The molecular weight excluding hydrogens is 338 g/mol. The largest absolute Gasteiger partial charge is 0.364 e. The third-order valence-electron chi connectivity index (χ3n) is 5.23. The molecule has 5 heteroatoms. The van der Waals surface area contributed by atoms with Crippen LogP contribution in [-0.2, 0) is 9.59 Å². The van der Waals surface area contributed by atoms with Crippen LogP contribution in [0, 0.1) is 6.92 Å². The Bertz CT molecular complexity index is 895. The van der Waals surface area contributed by atoms with Crippen LogP contribution in [0.15, 0.2) is 60.3 Å². The van der Waals surface area contributed by atoms with E-state index in [0.717, 1.165) is 37.3 Å². The van der Waals surface area contributed by atoms with E-state index in [0.29, 0.717) is 17.0 Å². The first-order valence-electron chi connectivity index (χ1n) is 9.25. The normalized spacial score (nSPS) is 18.6. The van der Waals surface area contributed by atoms with Gasteiger partial charge in [0.05, 0.1) is 11.3 Å². The molecule has 0 atom stereocenters. The molecule has 2 aliphatic rings. The van der Waals surface area contributed by atoms with Crippen molar-refractivity contribution in [1.29, 1.82) is 0 Å². The molecule has 1 saturated heterocycles. The topological polar surface area (TPSA) is 43.9 Å². The second-order valence-electron chi connectivity index (χ2n) is 7.16. The predicted octanol–water partition coefficient (Wildman–Crippen LogP) is 2.53. The lowest BCUT2D eigenvalue weighted by Crippen LogP contribution is -2.46. The van der Waals surface area contributed by atoms with E-state index < -0.39 is 0 Å². The van der Waals surface area contributed by atoms with Crippen LogP contribution in [0.3, 0.4) is 0 Å². The molecule has 0 radical (unpaired) electrons. The molecular formula is C22H23N3O2. The van der Waals surface area contributed by atoms with Gasteiger partial charge in [0.25, 0.3) is 11.8 Å². The Labute approximate surface area is 159 Å². The summed E-state index contributed by atoms with van der Waals surface area (Å²) in [6, 6.07) is 17.0. The average molecular weight is 361 g/mol. The van der Waals surface area contributed by atoms with Crippen LogP contribution in [0.25, 0.3) is 5.57 Å². The minimum atomic E-state index is -0.246. The number of carbonyl (C=O) groups is 2. The van der Waals surface area contributed by atoms with Gasteiger partial charge in [-0.15, -0.1) is 0 Å². The van der Waals surface area contributed by atoms with E-state index in [1.165, 1.54) is 4.90 Å². The monoisotopic (exact) mass is 361 g/mol. The zero-order valence-corrected chi connectivity index (χ0v) is 15.7. The number of hydrogen-bond acceptors (Lipinski definition) is 4. The van der Waals surface area contributed by atoms with Crippen molar-refractivity contribution in [3.63, 3.8) is 0 Å². The fraction of sp³-hybridized carbons (Fsp3) is 0.273. The van der Waals surface area contributed by atoms with E-state index in [9.17, 15) is 9.59 Å². The summed E-state index contributed by atoms with van der Waals surface area (Å²) in [5, 5.41) is 0. The van der Waals surface area contributed by atoms with Crippen LogP contribution >= 0.6 is 0 Å². The molecule has 1 fully saturated rings. The molecule has 138 valence electrons. The van der Waals surface area contributed by atoms with E-state index in [2.05, 4.69) is 16.8 Å². The molecule has 5 nitrogen and oxygen atoms in total. The third kappa shape index (κ3) is 3.15. The highest BCUT2D eigenvalue weighted by Crippen LogP contribution is 2.35. The number of likely N-dealkylation sites (N-methyl/N-ethyl adjacent to an activating group) is 1. The molecule has 4 rings (SSSR count). The van der Waals surface area contributed by atoms with E-state index in [4.69, 9.17) is 0 Å². The molecule has 0 aliphatic carbocycles. The number of imide groups is 1. The van der Waals surface area contributed by atoms with Gasteiger partial charge in [0, 0.05) is 26.2 Å². The number of rotatable bonds is 3. The molecule has 2 aliphatic heterocycles. The fourth-order valence-corrected chi connectivity index (χ4v) is 3.63. The van der Waals surface area contributed by atoms with Gasteiger partial charge in [-0.3, -0.25) is 9.59 Å². The van der Waals surface area contributed by atoms with E-state index in [1.807, 2.05) is 61.5 Å². The molecule has 0 saturated carbocycles. The number of nitrogens with zero attached hydrogens (tertiary/aromatic N) is 3. The van der Waals surface area contributed by atoms with Crippen LogP contribution in [0.5, 0.6) is 0 Å². The summed E-state index contributed by atoms with van der Waals surface area (Å²) in [5.41, 5.74) is 3.53. The van der Waals surface area contributed by atoms with Crippen molar-refractivity contribution in [3.05, 3.63) is 71.4 Å². The number of anilines is 1. The Morgan fingerprint density at radius 2 is 1.41 bits per heavy atom. The summed E-state index contributed by atoms with van der Waals surface area (Å²) in [5.74, 6) is -0.476. The lowest BCUT2D eigenvalue weighted by atomic mass is 10.0. The number of benzene rings is 2. The summed E-state index contributed by atoms with van der Waals surface area (Å²) in [7, 11) is 2.07. The van der Waals surface area contributed by atoms with Gasteiger partial charge in [-0.1, -0.05) is 48.0 Å². The van der Waals surface area contributed by atoms with Crippen molar-refractivity contribution in [3.8, 4) is 0 Å². The third-order valence-corrected chi connectivity index (χ3v) is 5.23. The molecule has 0 bridgehead atoms. The second-order valence-corrected chi connectivity index (χ2v) is 7.16. The summed E-state index contributed by atoms with van der Waals surface area (Å²) in [6.07, 6.45) is 0. The highest BCUT2D eigenvalue weighted by atomic mass is 16.2. The van der Waals surface area contributed by atoms with Crippen molar-refractivity contribution in [2.24, 2.45) is 0 Å². The number of carbonyl (C=O) groups excluding carboxylic acids is 2. The Hall–Kier alpha value is -2.92. The Morgan fingerprint density at radius 1 is 0.778 bits per heavy atom. The van der Waals surface area contributed by atoms with Gasteiger partial charge < -0.3 is 9.80 Å². The summed E-state index contributed by atoms with van der Waals surface area (Å²) < 4.78 is 0. The molecule has 2 amide bonds. The van der Waals surface area contributed by atoms with Gasteiger partial charge in [-0.2, -0.15) is 0 Å². The summed E-state index contributed by atoms with van der Waals surface area (Å²) >= 11 is 0. The maximum absolute atomic E-state index is 13.4. The maximum atomic E-state index is 13.4. The lowest BCUT2D eigenvalue weighted by molar-refractivity contribution is -0.120. The minimum absolute atomic E-state index is 0.229. The Morgan fingerprint density at radius 3 is 2.04 bits per heavy atom. The molecule has 2 aromatic rings. The second kappa shape index (κ2) is 7.00. The van der Waals surface area contributed by atoms with Crippen LogP contribution in [0.1, 0.15) is 11.1 Å². The van der Waals surface area contributed by atoms with Crippen LogP contribution in [0.2, 0.25) is 0 Å². The fourth-order valence-electron chi connectivity index (χ4n) is 3.63. The van der Waals surface area contributed by atoms with Crippen LogP contribution < -0.4 is 4.90 Å². The first-order chi connectivity index (χ1) is 13.1. The molecule has 0 spiro atoms. The molecule has 0 N–H and O–H groups in total. The standard InChI is InChI=1S/C22H23N3O2/c1-16-8-10-18(11-9-16)25-21(26)19(17-6-4-3-5-7-17)20(22(25)27)24-14-12-23(2)13-15-24/h3-11H,12-15H2,1-2H3. The first kappa shape index (κ1) is 17.5. The van der Waals surface area contributed by atoms with Crippen molar-refractivity contribution in [2.75, 3.05) is 38.1 Å². The lowest BCUT2D eigenvalue weighted by Gasteiger charge is -2.34. The molecule has 0 unspecified atom stereocenters. The number of amides is 2. The first-order valence-corrected chi connectivity index (χ1v) is 9.25. The molecule has 27 heavy (non-hydrogen) atoms. The van der Waals surface area contributed by atoms with Crippen LogP contribution in [0.4, 0.5) is 5.69 Å². The van der Waals surface area contributed by atoms with E-state index in [1.54, 1.807) is 0 Å². The Balaban J connectivity index is 1.79. The van der Waals surface area contributed by atoms with Crippen molar-refractivity contribution >= 4 is 23.1 Å². The van der Waals surface area contributed by atoms with Gasteiger partial charge in [-0.05, 0) is 31.7 Å². The number of piperazine rings is 1. The van der Waals surface area contributed by atoms with Crippen molar-refractivity contribution in [2.45, 2.75) is 6.92 Å². The molecule has 0 aromatic heterocycles.